The van der Waals surface area contributed by atoms with E-state index in [4.69, 9.17) is 4.52 Å². The Morgan fingerprint density at radius 3 is 3.05 bits per heavy atom. The number of hydrogen-bond donors (Lipinski definition) is 0. The Balaban J connectivity index is 1.63. The molecule has 7 heteroatoms. The number of pyridine rings is 1. The highest BCUT2D eigenvalue weighted by Crippen LogP contribution is 2.19. The van der Waals surface area contributed by atoms with E-state index in [1.165, 1.54) is 12.1 Å². The van der Waals surface area contributed by atoms with Crippen LogP contribution in [0.5, 0.6) is 0 Å². The fourth-order valence-electron chi connectivity index (χ4n) is 2.23. The third kappa shape index (κ3) is 2.32. The van der Waals surface area contributed by atoms with Crippen molar-refractivity contribution in [3.8, 4) is 11.5 Å². The van der Waals surface area contributed by atoms with Gasteiger partial charge in [-0.25, -0.2) is 8.91 Å². The van der Waals surface area contributed by atoms with E-state index in [0.29, 0.717) is 18.1 Å². The Kier molecular flexibility index (Phi) is 2.89. The first kappa shape index (κ1) is 12.6. The highest BCUT2D eigenvalue weighted by atomic mass is 19.1. The summed E-state index contributed by atoms with van der Waals surface area (Å²) in [5.41, 5.74) is 2.41. The molecule has 22 heavy (non-hydrogen) atoms. The van der Waals surface area contributed by atoms with Crippen LogP contribution in [0.1, 0.15) is 11.4 Å². The third-order valence-corrected chi connectivity index (χ3v) is 3.27. The molecule has 0 radical (unpaired) electrons. The van der Waals surface area contributed by atoms with Gasteiger partial charge in [0.25, 0.3) is 5.89 Å². The normalized spacial score (nSPS) is 11.1. The second-order valence-corrected chi connectivity index (χ2v) is 4.84. The van der Waals surface area contributed by atoms with Gasteiger partial charge in [0.2, 0.25) is 0 Å². The maximum Gasteiger partial charge on any atom is 0.258 e. The molecule has 0 fully saturated rings. The van der Waals surface area contributed by atoms with Crippen LogP contribution in [0.2, 0.25) is 0 Å². The van der Waals surface area contributed by atoms with Crippen LogP contribution in [0.25, 0.3) is 17.0 Å². The molecule has 1 aromatic carbocycles. The van der Waals surface area contributed by atoms with Crippen molar-refractivity contribution in [1.29, 1.82) is 0 Å². The van der Waals surface area contributed by atoms with E-state index in [1.807, 2.05) is 18.2 Å². The predicted molar refractivity (Wildman–Crippen MR) is 75.5 cm³/mol. The van der Waals surface area contributed by atoms with E-state index in [1.54, 1.807) is 23.0 Å². The second kappa shape index (κ2) is 5.03. The van der Waals surface area contributed by atoms with Crippen molar-refractivity contribution in [2.24, 2.45) is 0 Å². The molecule has 0 unspecified atom stereocenters. The van der Waals surface area contributed by atoms with Gasteiger partial charge in [0.15, 0.2) is 5.82 Å². The van der Waals surface area contributed by atoms with Crippen molar-refractivity contribution in [2.45, 2.75) is 6.42 Å². The molecule has 3 aromatic heterocycles. The summed E-state index contributed by atoms with van der Waals surface area (Å²) in [6.45, 7) is 0. The van der Waals surface area contributed by atoms with Gasteiger partial charge in [-0.1, -0.05) is 22.5 Å². The number of halogens is 1. The molecule has 0 amide bonds. The zero-order chi connectivity index (χ0) is 14.9. The summed E-state index contributed by atoms with van der Waals surface area (Å²) >= 11 is 0. The second-order valence-electron chi connectivity index (χ2n) is 4.84. The van der Waals surface area contributed by atoms with Crippen molar-refractivity contribution < 1.29 is 8.91 Å². The molecule has 0 aliphatic rings. The van der Waals surface area contributed by atoms with Crippen molar-refractivity contribution in [3.05, 3.63) is 66.0 Å². The van der Waals surface area contributed by atoms with E-state index < -0.39 is 0 Å². The molecule has 4 aromatic rings. The number of aromatic nitrogens is 5. The topological polar surface area (TPSA) is 69.1 Å². The largest absolute Gasteiger partial charge is 0.334 e. The van der Waals surface area contributed by atoms with Crippen LogP contribution in [0.3, 0.4) is 0 Å². The van der Waals surface area contributed by atoms with Gasteiger partial charge in [-0.3, -0.25) is 0 Å². The van der Waals surface area contributed by atoms with E-state index in [9.17, 15) is 4.39 Å². The molecule has 0 bridgehead atoms. The van der Waals surface area contributed by atoms with Crippen LogP contribution in [0.15, 0.2) is 53.3 Å². The standard InChI is InChI=1S/C15H10FN5O/c16-12-3-1-2-10(6-12)7-14-18-15(22-19-14)11-4-5-21-13(8-11)9-17-20-21/h1-6,8-9H,7H2. The molecule has 0 saturated heterocycles. The van der Waals surface area contributed by atoms with Gasteiger partial charge in [0.1, 0.15) is 5.82 Å². The molecule has 0 N–H and O–H groups in total. The number of benzene rings is 1. The lowest BCUT2D eigenvalue weighted by Crippen LogP contribution is -1.92. The Morgan fingerprint density at radius 2 is 2.14 bits per heavy atom. The summed E-state index contributed by atoms with van der Waals surface area (Å²) < 4.78 is 20.1. The van der Waals surface area contributed by atoms with Crippen molar-refractivity contribution in [2.75, 3.05) is 0 Å². The van der Waals surface area contributed by atoms with Gasteiger partial charge in [-0.15, -0.1) is 5.10 Å². The Labute approximate surface area is 124 Å². The van der Waals surface area contributed by atoms with Crippen molar-refractivity contribution in [1.82, 2.24) is 25.0 Å². The molecular formula is C15H10FN5O. The first-order chi connectivity index (χ1) is 10.8. The van der Waals surface area contributed by atoms with Gasteiger partial charge in [-0.2, -0.15) is 4.98 Å². The van der Waals surface area contributed by atoms with Crippen LogP contribution >= 0.6 is 0 Å². The van der Waals surface area contributed by atoms with Crippen LogP contribution in [-0.2, 0) is 6.42 Å². The van der Waals surface area contributed by atoms with Crippen LogP contribution in [0.4, 0.5) is 4.39 Å². The zero-order valence-electron chi connectivity index (χ0n) is 11.3. The predicted octanol–water partition coefficient (Wildman–Crippen LogP) is 2.51. The van der Waals surface area contributed by atoms with E-state index in [0.717, 1.165) is 16.6 Å². The number of hydrogen-bond acceptors (Lipinski definition) is 5. The molecule has 0 saturated carbocycles. The van der Waals surface area contributed by atoms with Gasteiger partial charge in [0, 0.05) is 18.2 Å². The van der Waals surface area contributed by atoms with Gasteiger partial charge in [-0.05, 0) is 29.8 Å². The molecule has 0 aliphatic heterocycles. The minimum absolute atomic E-state index is 0.278. The zero-order valence-corrected chi connectivity index (χ0v) is 11.3. The average Bonchev–Trinajstić information content (AvgIpc) is 3.15. The third-order valence-electron chi connectivity index (χ3n) is 3.27. The summed E-state index contributed by atoms with van der Waals surface area (Å²) in [7, 11) is 0. The summed E-state index contributed by atoms with van der Waals surface area (Å²) in [4.78, 5) is 4.35. The summed E-state index contributed by atoms with van der Waals surface area (Å²) in [5, 5.41) is 11.6. The first-order valence-corrected chi connectivity index (χ1v) is 6.65. The van der Waals surface area contributed by atoms with Crippen LogP contribution in [0, 0.1) is 5.82 Å². The fourth-order valence-corrected chi connectivity index (χ4v) is 2.23. The van der Waals surface area contributed by atoms with Gasteiger partial charge >= 0.3 is 0 Å². The van der Waals surface area contributed by atoms with Crippen LogP contribution < -0.4 is 0 Å². The lowest BCUT2D eigenvalue weighted by atomic mass is 10.1. The highest BCUT2D eigenvalue weighted by molar-refractivity contribution is 5.61. The summed E-state index contributed by atoms with van der Waals surface area (Å²) in [6.07, 6.45) is 3.83. The maximum atomic E-state index is 13.2. The maximum absolute atomic E-state index is 13.2. The minimum atomic E-state index is -0.278. The molecule has 108 valence electrons. The monoisotopic (exact) mass is 295 g/mol. The minimum Gasteiger partial charge on any atom is -0.334 e. The molecule has 6 nitrogen and oxygen atoms in total. The average molecular weight is 295 g/mol. The molecule has 0 atom stereocenters. The van der Waals surface area contributed by atoms with Gasteiger partial charge in [0.05, 0.1) is 11.7 Å². The fraction of sp³-hybridized carbons (Fsp3) is 0.0667. The van der Waals surface area contributed by atoms with E-state index in [-0.39, 0.29) is 5.82 Å². The molecule has 3 heterocycles. The number of fused-ring (bicyclic) bond motifs is 1. The van der Waals surface area contributed by atoms with E-state index in [2.05, 4.69) is 20.5 Å². The quantitative estimate of drug-likeness (QED) is 0.581. The van der Waals surface area contributed by atoms with Gasteiger partial charge < -0.3 is 4.52 Å². The molecule has 0 spiro atoms. The van der Waals surface area contributed by atoms with Crippen LogP contribution in [-0.4, -0.2) is 25.0 Å². The molecule has 0 aliphatic carbocycles. The summed E-state index contributed by atoms with van der Waals surface area (Å²) in [5.74, 6) is 0.641. The Bertz CT molecular complexity index is 946. The lowest BCUT2D eigenvalue weighted by Gasteiger charge is -1.96. The van der Waals surface area contributed by atoms with E-state index >= 15 is 0 Å². The highest BCUT2D eigenvalue weighted by Gasteiger charge is 2.10. The van der Waals surface area contributed by atoms with Crippen molar-refractivity contribution in [3.63, 3.8) is 0 Å². The Hall–Kier alpha value is -3.09. The molecule has 4 rings (SSSR count). The molecular weight excluding hydrogens is 285 g/mol. The SMILES string of the molecule is Fc1cccc(Cc2noc(-c3ccn4nncc4c3)n2)c1. The number of rotatable bonds is 3. The lowest BCUT2D eigenvalue weighted by molar-refractivity contribution is 0.424. The smallest absolute Gasteiger partial charge is 0.258 e. The Morgan fingerprint density at radius 1 is 1.18 bits per heavy atom. The first-order valence-electron chi connectivity index (χ1n) is 6.65. The van der Waals surface area contributed by atoms with Crippen molar-refractivity contribution >= 4 is 5.52 Å². The number of nitrogens with zero attached hydrogens (tertiary/aromatic N) is 5. The summed E-state index contributed by atoms with van der Waals surface area (Å²) in [6, 6.07) is 10.0.